The van der Waals surface area contributed by atoms with Gasteiger partial charge in [-0.3, -0.25) is 20.4 Å². The molecule has 0 saturated heterocycles. The van der Waals surface area contributed by atoms with E-state index >= 15 is 0 Å². The van der Waals surface area contributed by atoms with Crippen LogP contribution in [0.3, 0.4) is 0 Å². The van der Waals surface area contributed by atoms with Crippen molar-refractivity contribution in [3.05, 3.63) is 53.1 Å². The van der Waals surface area contributed by atoms with Crippen LogP contribution in [0.25, 0.3) is 0 Å². The molecule has 9 nitrogen and oxygen atoms in total. The summed E-state index contributed by atoms with van der Waals surface area (Å²) >= 11 is 6.03. The van der Waals surface area contributed by atoms with Crippen LogP contribution < -0.4 is 25.0 Å². The Kier molecular flexibility index (Phi) is 6.49. The molecule has 3 N–H and O–H groups in total. The molecule has 0 saturated carbocycles. The first-order valence-electron chi connectivity index (χ1n) is 8.98. The van der Waals surface area contributed by atoms with Gasteiger partial charge in [0.25, 0.3) is 11.8 Å². The molecule has 0 bridgehead atoms. The summed E-state index contributed by atoms with van der Waals surface area (Å²) in [5, 5.41) is 0.0245. The number of nitrogens with one attached hydrogen (secondary N) is 3. The molecule has 0 aromatic heterocycles. The van der Waals surface area contributed by atoms with Crippen molar-refractivity contribution in [2.45, 2.75) is 30.9 Å². The molecular formula is C19H20ClN3O6S. The first-order valence-corrected chi connectivity index (χ1v) is 10.8. The number of ether oxygens (including phenoxy) is 2. The zero-order valence-electron chi connectivity index (χ0n) is 16.1. The van der Waals surface area contributed by atoms with Gasteiger partial charge < -0.3 is 9.47 Å². The monoisotopic (exact) mass is 453 g/mol. The van der Waals surface area contributed by atoms with Gasteiger partial charge in [-0.1, -0.05) is 23.7 Å². The third kappa shape index (κ3) is 5.02. The molecule has 0 spiro atoms. The Morgan fingerprint density at radius 1 is 1.10 bits per heavy atom. The molecule has 1 aliphatic heterocycles. The maximum atomic E-state index is 12.5. The van der Waals surface area contributed by atoms with Crippen molar-refractivity contribution in [2.75, 3.05) is 6.61 Å². The highest BCUT2D eigenvalue weighted by Crippen LogP contribution is 2.30. The van der Waals surface area contributed by atoms with Crippen LogP contribution in [0.15, 0.2) is 47.4 Å². The van der Waals surface area contributed by atoms with Gasteiger partial charge in [0, 0.05) is 6.04 Å². The number of para-hydroxylation sites is 2. The molecule has 3 rings (SSSR count). The number of hydrogen-bond donors (Lipinski definition) is 3. The van der Waals surface area contributed by atoms with Crippen molar-refractivity contribution in [3.63, 3.8) is 0 Å². The Morgan fingerprint density at radius 2 is 1.80 bits per heavy atom. The average molecular weight is 454 g/mol. The number of hydrazine groups is 1. The highest BCUT2D eigenvalue weighted by Gasteiger charge is 2.28. The van der Waals surface area contributed by atoms with Crippen molar-refractivity contribution >= 4 is 33.4 Å². The number of hydrogen-bond acceptors (Lipinski definition) is 6. The highest BCUT2D eigenvalue weighted by atomic mass is 35.5. The van der Waals surface area contributed by atoms with E-state index in [-0.39, 0.29) is 28.1 Å². The molecule has 0 radical (unpaired) electrons. The fourth-order valence-corrected chi connectivity index (χ4v) is 4.12. The maximum absolute atomic E-state index is 12.5. The molecule has 160 valence electrons. The number of amides is 2. The summed E-state index contributed by atoms with van der Waals surface area (Å²) in [6, 6.07) is 10.3. The molecule has 0 aliphatic carbocycles. The maximum Gasteiger partial charge on any atom is 0.283 e. The first kappa shape index (κ1) is 21.9. The lowest BCUT2D eigenvalue weighted by Gasteiger charge is -2.25. The number of sulfonamides is 1. The third-order valence-electron chi connectivity index (χ3n) is 3.98. The van der Waals surface area contributed by atoms with E-state index in [0.717, 1.165) is 6.07 Å². The minimum Gasteiger partial charge on any atom is -0.485 e. The summed E-state index contributed by atoms with van der Waals surface area (Å²) in [6.45, 7) is 3.31. The van der Waals surface area contributed by atoms with E-state index < -0.39 is 27.9 Å². The normalized spacial score (nSPS) is 15.5. The van der Waals surface area contributed by atoms with Crippen LogP contribution in [0, 0.1) is 0 Å². The number of benzene rings is 2. The van der Waals surface area contributed by atoms with Crippen molar-refractivity contribution in [2.24, 2.45) is 0 Å². The SMILES string of the molecule is CC(C)NS(=O)(=O)c1ccc(Cl)c(C(=O)NNC(=O)C2COc3ccccc3O2)c1. The largest absolute Gasteiger partial charge is 0.485 e. The molecule has 1 atom stereocenters. The quantitative estimate of drug-likeness (QED) is 0.591. The summed E-state index contributed by atoms with van der Waals surface area (Å²) in [5.41, 5.74) is 4.32. The van der Waals surface area contributed by atoms with E-state index in [1.807, 2.05) is 0 Å². The zero-order chi connectivity index (χ0) is 21.9. The Labute approximate surface area is 178 Å². The van der Waals surface area contributed by atoms with Gasteiger partial charge in [-0.15, -0.1) is 0 Å². The number of carbonyl (C=O) groups is 2. The van der Waals surface area contributed by atoms with Crippen molar-refractivity contribution in [1.29, 1.82) is 0 Å². The van der Waals surface area contributed by atoms with Gasteiger partial charge in [0.2, 0.25) is 16.1 Å². The zero-order valence-corrected chi connectivity index (χ0v) is 17.7. The van der Waals surface area contributed by atoms with Crippen LogP contribution >= 0.6 is 11.6 Å². The number of rotatable bonds is 5. The van der Waals surface area contributed by atoms with E-state index in [9.17, 15) is 18.0 Å². The Bertz CT molecular complexity index is 1070. The summed E-state index contributed by atoms with van der Waals surface area (Å²) < 4.78 is 38.1. The van der Waals surface area contributed by atoms with Crippen molar-refractivity contribution in [3.8, 4) is 11.5 Å². The highest BCUT2D eigenvalue weighted by molar-refractivity contribution is 7.89. The predicted molar refractivity (Wildman–Crippen MR) is 109 cm³/mol. The van der Waals surface area contributed by atoms with Gasteiger partial charge in [-0.2, -0.15) is 0 Å². The molecule has 2 aromatic rings. The Hall–Kier alpha value is -2.82. The fraction of sp³-hybridized carbons (Fsp3) is 0.263. The average Bonchev–Trinajstić information content (AvgIpc) is 2.70. The van der Waals surface area contributed by atoms with Gasteiger partial charge in [-0.05, 0) is 44.2 Å². The van der Waals surface area contributed by atoms with E-state index in [0.29, 0.717) is 11.5 Å². The van der Waals surface area contributed by atoms with Crippen LogP contribution in [0.1, 0.15) is 24.2 Å². The van der Waals surface area contributed by atoms with Gasteiger partial charge >= 0.3 is 0 Å². The number of halogens is 1. The van der Waals surface area contributed by atoms with Crippen LogP contribution in [0.2, 0.25) is 5.02 Å². The van der Waals surface area contributed by atoms with E-state index in [1.165, 1.54) is 12.1 Å². The Morgan fingerprint density at radius 3 is 2.50 bits per heavy atom. The Balaban J connectivity index is 1.66. The van der Waals surface area contributed by atoms with Gasteiger partial charge in [0.1, 0.15) is 6.61 Å². The first-order chi connectivity index (χ1) is 14.2. The van der Waals surface area contributed by atoms with E-state index in [2.05, 4.69) is 15.6 Å². The molecular weight excluding hydrogens is 434 g/mol. The lowest BCUT2D eigenvalue weighted by molar-refractivity contribution is -0.131. The molecule has 1 aliphatic rings. The molecule has 11 heteroatoms. The molecule has 0 fully saturated rings. The summed E-state index contributed by atoms with van der Waals surface area (Å²) in [6.07, 6.45) is -0.974. The summed E-state index contributed by atoms with van der Waals surface area (Å²) in [7, 11) is -3.82. The lowest BCUT2D eigenvalue weighted by atomic mass is 10.2. The van der Waals surface area contributed by atoms with Crippen LogP contribution in [0.4, 0.5) is 0 Å². The minimum atomic E-state index is -3.82. The summed E-state index contributed by atoms with van der Waals surface area (Å²) in [4.78, 5) is 24.6. The number of fused-ring (bicyclic) bond motifs is 1. The smallest absolute Gasteiger partial charge is 0.283 e. The van der Waals surface area contributed by atoms with Gasteiger partial charge in [0.05, 0.1) is 15.5 Å². The second-order valence-electron chi connectivity index (χ2n) is 6.73. The minimum absolute atomic E-state index is 0.0245. The van der Waals surface area contributed by atoms with Crippen molar-refractivity contribution < 1.29 is 27.5 Å². The molecule has 1 heterocycles. The summed E-state index contributed by atoms with van der Waals surface area (Å²) in [5.74, 6) is -0.495. The molecule has 1 unspecified atom stereocenters. The topological polar surface area (TPSA) is 123 Å². The van der Waals surface area contributed by atoms with Crippen LogP contribution in [-0.2, 0) is 14.8 Å². The third-order valence-corrected chi connectivity index (χ3v) is 5.97. The van der Waals surface area contributed by atoms with Crippen LogP contribution in [0.5, 0.6) is 11.5 Å². The molecule has 30 heavy (non-hydrogen) atoms. The van der Waals surface area contributed by atoms with Crippen LogP contribution in [-0.4, -0.2) is 39.0 Å². The molecule has 2 aromatic carbocycles. The van der Waals surface area contributed by atoms with Crippen molar-refractivity contribution in [1.82, 2.24) is 15.6 Å². The van der Waals surface area contributed by atoms with E-state index in [4.69, 9.17) is 21.1 Å². The van der Waals surface area contributed by atoms with E-state index in [1.54, 1.807) is 38.1 Å². The fourth-order valence-electron chi connectivity index (χ4n) is 2.64. The standard InChI is InChI=1S/C19H20ClN3O6S/c1-11(2)23-30(26,27)12-7-8-14(20)13(9-12)18(24)21-22-19(25)17-10-28-15-5-3-4-6-16(15)29-17/h3-9,11,17,23H,10H2,1-2H3,(H,21,24)(H,22,25). The second kappa shape index (κ2) is 8.90. The second-order valence-corrected chi connectivity index (χ2v) is 8.85. The molecule has 2 amide bonds. The van der Waals surface area contributed by atoms with Gasteiger partial charge in [0.15, 0.2) is 11.5 Å². The number of carbonyl (C=O) groups excluding carboxylic acids is 2. The predicted octanol–water partition coefficient (Wildman–Crippen LogP) is 1.63. The van der Waals surface area contributed by atoms with Gasteiger partial charge in [-0.25, -0.2) is 13.1 Å². The lowest BCUT2D eigenvalue weighted by Crippen LogP contribution is -2.50.